The number of carbonyl (C=O) groups excluding carboxylic acids is 2. The summed E-state index contributed by atoms with van der Waals surface area (Å²) in [6, 6.07) is 5.09. The number of rotatable bonds is 4. The lowest BCUT2D eigenvalue weighted by Crippen LogP contribution is -2.43. The van der Waals surface area contributed by atoms with Crippen LogP contribution in [0.3, 0.4) is 0 Å². The highest BCUT2D eigenvalue weighted by Gasteiger charge is 2.36. The SMILES string of the molecule is CC(C)C(=O)N1CCC(CN2C(=O)CSC2c2ccc(C(F)(F)F)cc2)CC1. The average Bonchev–Trinajstić information content (AvgIpc) is 3.01. The standard InChI is InChI=1S/C20H25F3N2O2S/c1-13(2)18(27)24-9-7-14(8-10-24)11-25-17(26)12-28-19(25)15-3-5-16(6-4-15)20(21,22)23/h3-6,13-14,19H,7-12H2,1-2H3. The number of nitrogens with zero attached hydrogens (tertiary/aromatic N) is 2. The van der Waals surface area contributed by atoms with E-state index in [-0.39, 0.29) is 23.1 Å². The first-order valence-electron chi connectivity index (χ1n) is 9.54. The highest BCUT2D eigenvalue weighted by Crippen LogP contribution is 2.40. The molecule has 3 rings (SSSR count). The van der Waals surface area contributed by atoms with Gasteiger partial charge in [0.25, 0.3) is 0 Å². The highest BCUT2D eigenvalue weighted by atomic mass is 32.2. The molecule has 4 nitrogen and oxygen atoms in total. The number of hydrogen-bond donors (Lipinski definition) is 0. The van der Waals surface area contributed by atoms with Crippen LogP contribution in [0.2, 0.25) is 0 Å². The van der Waals surface area contributed by atoms with Crippen molar-refractivity contribution in [3.8, 4) is 0 Å². The van der Waals surface area contributed by atoms with Gasteiger partial charge in [-0.25, -0.2) is 0 Å². The normalized spacial score (nSPS) is 21.6. The summed E-state index contributed by atoms with van der Waals surface area (Å²) in [5.74, 6) is 0.813. The molecule has 2 fully saturated rings. The van der Waals surface area contributed by atoms with E-state index in [1.165, 1.54) is 23.9 Å². The Balaban J connectivity index is 1.63. The molecule has 1 atom stereocenters. The van der Waals surface area contributed by atoms with E-state index < -0.39 is 11.7 Å². The minimum absolute atomic E-state index is 0.0165. The predicted molar refractivity (Wildman–Crippen MR) is 102 cm³/mol. The van der Waals surface area contributed by atoms with E-state index in [1.807, 2.05) is 18.7 Å². The van der Waals surface area contributed by atoms with Gasteiger partial charge in [0.15, 0.2) is 0 Å². The zero-order chi connectivity index (χ0) is 20.5. The third-order valence-corrected chi connectivity index (χ3v) is 6.62. The number of piperidine rings is 1. The van der Waals surface area contributed by atoms with Crippen molar-refractivity contribution in [2.75, 3.05) is 25.4 Å². The molecule has 0 saturated carbocycles. The van der Waals surface area contributed by atoms with Gasteiger partial charge in [-0.1, -0.05) is 26.0 Å². The lowest BCUT2D eigenvalue weighted by Gasteiger charge is -2.36. The molecule has 0 aromatic heterocycles. The number of benzene rings is 1. The molecular formula is C20H25F3N2O2S. The summed E-state index contributed by atoms with van der Waals surface area (Å²) in [4.78, 5) is 28.2. The van der Waals surface area contributed by atoms with Crippen LogP contribution in [0.1, 0.15) is 43.2 Å². The van der Waals surface area contributed by atoms with Gasteiger partial charge in [0.05, 0.1) is 11.3 Å². The third-order valence-electron chi connectivity index (χ3n) is 5.37. The Kier molecular flexibility index (Phi) is 6.27. The van der Waals surface area contributed by atoms with Crippen molar-refractivity contribution in [2.24, 2.45) is 11.8 Å². The summed E-state index contributed by atoms with van der Waals surface area (Å²) < 4.78 is 38.4. The van der Waals surface area contributed by atoms with E-state index in [9.17, 15) is 22.8 Å². The van der Waals surface area contributed by atoms with Crippen LogP contribution in [-0.4, -0.2) is 47.0 Å². The maximum absolute atomic E-state index is 12.8. The van der Waals surface area contributed by atoms with Crippen molar-refractivity contribution < 1.29 is 22.8 Å². The quantitative estimate of drug-likeness (QED) is 0.742. The van der Waals surface area contributed by atoms with E-state index >= 15 is 0 Å². The molecule has 0 aliphatic carbocycles. The van der Waals surface area contributed by atoms with Gasteiger partial charge in [-0.15, -0.1) is 11.8 Å². The van der Waals surface area contributed by atoms with E-state index in [1.54, 1.807) is 4.90 Å². The van der Waals surface area contributed by atoms with Crippen molar-refractivity contribution in [3.63, 3.8) is 0 Å². The topological polar surface area (TPSA) is 40.6 Å². The number of thioether (sulfide) groups is 1. The van der Waals surface area contributed by atoms with Gasteiger partial charge in [0.2, 0.25) is 11.8 Å². The summed E-state index contributed by atoms with van der Waals surface area (Å²) in [5, 5.41) is -0.245. The molecule has 0 bridgehead atoms. The molecule has 154 valence electrons. The average molecular weight is 414 g/mol. The fraction of sp³-hybridized carbons (Fsp3) is 0.600. The molecule has 8 heteroatoms. The third kappa shape index (κ3) is 4.64. The van der Waals surface area contributed by atoms with Crippen LogP contribution < -0.4 is 0 Å². The molecule has 1 aromatic rings. The van der Waals surface area contributed by atoms with Crippen LogP contribution in [0.4, 0.5) is 13.2 Å². The number of alkyl halides is 3. The van der Waals surface area contributed by atoms with Gasteiger partial charge < -0.3 is 9.80 Å². The first-order valence-corrected chi connectivity index (χ1v) is 10.6. The molecule has 1 aromatic carbocycles. The zero-order valence-corrected chi connectivity index (χ0v) is 16.9. The first-order chi connectivity index (χ1) is 13.2. The number of likely N-dealkylation sites (tertiary alicyclic amines) is 1. The summed E-state index contributed by atoms with van der Waals surface area (Å²) in [6.45, 7) is 5.76. The minimum Gasteiger partial charge on any atom is -0.342 e. The molecule has 2 aliphatic rings. The molecule has 28 heavy (non-hydrogen) atoms. The second-order valence-electron chi connectivity index (χ2n) is 7.75. The summed E-state index contributed by atoms with van der Waals surface area (Å²) in [6.07, 6.45) is -2.68. The van der Waals surface area contributed by atoms with Gasteiger partial charge in [-0.3, -0.25) is 9.59 Å². The highest BCUT2D eigenvalue weighted by molar-refractivity contribution is 8.00. The molecule has 0 spiro atoms. The summed E-state index contributed by atoms with van der Waals surface area (Å²) in [7, 11) is 0. The van der Waals surface area contributed by atoms with Crippen LogP contribution in [-0.2, 0) is 15.8 Å². The van der Waals surface area contributed by atoms with Crippen molar-refractivity contribution in [1.82, 2.24) is 9.80 Å². The zero-order valence-electron chi connectivity index (χ0n) is 16.0. The van der Waals surface area contributed by atoms with Crippen molar-refractivity contribution >= 4 is 23.6 Å². The van der Waals surface area contributed by atoms with Gasteiger partial charge >= 0.3 is 6.18 Å². The number of halogens is 3. The van der Waals surface area contributed by atoms with Gasteiger partial charge in [0.1, 0.15) is 5.37 Å². The molecule has 1 unspecified atom stereocenters. The minimum atomic E-state index is -4.36. The van der Waals surface area contributed by atoms with Gasteiger partial charge in [-0.05, 0) is 36.5 Å². The molecule has 2 amide bonds. The van der Waals surface area contributed by atoms with E-state index in [0.29, 0.717) is 31.3 Å². The smallest absolute Gasteiger partial charge is 0.342 e. The number of hydrogen-bond acceptors (Lipinski definition) is 3. The summed E-state index contributed by atoms with van der Waals surface area (Å²) in [5.41, 5.74) is 0.0376. The van der Waals surface area contributed by atoms with Crippen LogP contribution in [0.15, 0.2) is 24.3 Å². The van der Waals surface area contributed by atoms with E-state index in [0.717, 1.165) is 30.5 Å². The van der Waals surface area contributed by atoms with Gasteiger partial charge in [-0.2, -0.15) is 13.2 Å². The first kappa shape index (κ1) is 21.0. The fourth-order valence-electron chi connectivity index (χ4n) is 3.74. The van der Waals surface area contributed by atoms with E-state index in [2.05, 4.69) is 0 Å². The maximum atomic E-state index is 12.8. The van der Waals surface area contributed by atoms with Crippen LogP contribution >= 0.6 is 11.8 Å². The fourth-order valence-corrected chi connectivity index (χ4v) is 4.94. The predicted octanol–water partition coefficient (Wildman–Crippen LogP) is 4.17. The largest absolute Gasteiger partial charge is 0.416 e. The van der Waals surface area contributed by atoms with Crippen molar-refractivity contribution in [2.45, 2.75) is 38.2 Å². The maximum Gasteiger partial charge on any atom is 0.416 e. The van der Waals surface area contributed by atoms with Crippen LogP contribution in [0, 0.1) is 11.8 Å². The molecule has 2 heterocycles. The Morgan fingerprint density at radius 3 is 2.32 bits per heavy atom. The Bertz CT molecular complexity index is 713. The second kappa shape index (κ2) is 8.35. The summed E-state index contributed by atoms with van der Waals surface area (Å²) >= 11 is 1.45. The lowest BCUT2D eigenvalue weighted by molar-refractivity contribution is -0.137. The second-order valence-corrected chi connectivity index (χ2v) is 8.82. The molecular weight excluding hydrogens is 389 g/mol. The molecule has 0 radical (unpaired) electrons. The number of carbonyl (C=O) groups is 2. The monoisotopic (exact) mass is 414 g/mol. The lowest BCUT2D eigenvalue weighted by atomic mass is 9.95. The number of amides is 2. The molecule has 2 saturated heterocycles. The van der Waals surface area contributed by atoms with E-state index in [4.69, 9.17) is 0 Å². The van der Waals surface area contributed by atoms with Crippen LogP contribution in [0.5, 0.6) is 0 Å². The van der Waals surface area contributed by atoms with Crippen molar-refractivity contribution in [1.29, 1.82) is 0 Å². The molecule has 0 N–H and O–H groups in total. The Labute approximate surface area is 167 Å². The van der Waals surface area contributed by atoms with Crippen LogP contribution in [0.25, 0.3) is 0 Å². The Morgan fingerprint density at radius 1 is 1.18 bits per heavy atom. The van der Waals surface area contributed by atoms with Gasteiger partial charge in [0, 0.05) is 25.6 Å². The van der Waals surface area contributed by atoms with Crippen molar-refractivity contribution in [3.05, 3.63) is 35.4 Å². The Morgan fingerprint density at radius 2 is 1.79 bits per heavy atom. The molecule has 2 aliphatic heterocycles. The Hall–Kier alpha value is -1.70.